The number of hydrogen-bond donors (Lipinski definition) is 2. The van der Waals surface area contributed by atoms with Gasteiger partial charge in [0.2, 0.25) is 5.89 Å². The number of hydrogen-bond acceptors (Lipinski definition) is 3. The Morgan fingerprint density at radius 1 is 1.33 bits per heavy atom. The van der Waals surface area contributed by atoms with Gasteiger partial charge in [-0.15, -0.1) is 0 Å². The Kier molecular flexibility index (Phi) is 6.61. The maximum absolute atomic E-state index is 13.8. The van der Waals surface area contributed by atoms with Gasteiger partial charge in [-0.25, -0.2) is 14.4 Å². The van der Waals surface area contributed by atoms with E-state index < -0.39 is 0 Å². The summed E-state index contributed by atoms with van der Waals surface area (Å²) in [4.78, 5) is 8.72. The van der Waals surface area contributed by atoms with Crippen molar-refractivity contribution in [1.82, 2.24) is 15.6 Å². The summed E-state index contributed by atoms with van der Waals surface area (Å²) >= 11 is 6.03. The van der Waals surface area contributed by atoms with Gasteiger partial charge in [0.05, 0.1) is 5.69 Å². The van der Waals surface area contributed by atoms with Crippen LogP contribution in [0.4, 0.5) is 4.39 Å². The highest BCUT2D eigenvalue weighted by atomic mass is 35.5. The average molecular weight is 353 g/mol. The molecule has 0 saturated heterocycles. The van der Waals surface area contributed by atoms with Crippen LogP contribution in [0.5, 0.6) is 0 Å². The van der Waals surface area contributed by atoms with Gasteiger partial charge in [0.15, 0.2) is 5.96 Å². The maximum atomic E-state index is 13.8. The van der Waals surface area contributed by atoms with Crippen molar-refractivity contribution in [2.45, 2.75) is 33.7 Å². The fourth-order valence-electron chi connectivity index (χ4n) is 2.17. The molecule has 0 unspecified atom stereocenters. The molecule has 130 valence electrons. The second-order valence-electron chi connectivity index (χ2n) is 5.32. The number of nitrogens with one attached hydrogen (secondary N) is 2. The molecule has 1 aromatic heterocycles. The van der Waals surface area contributed by atoms with E-state index in [2.05, 4.69) is 20.6 Å². The molecule has 0 atom stereocenters. The number of nitrogens with zero attached hydrogens (tertiary/aromatic N) is 2. The van der Waals surface area contributed by atoms with Gasteiger partial charge in [0.25, 0.3) is 0 Å². The smallest absolute Gasteiger partial charge is 0.216 e. The van der Waals surface area contributed by atoms with Gasteiger partial charge in [0.1, 0.15) is 18.1 Å². The van der Waals surface area contributed by atoms with E-state index in [9.17, 15) is 4.39 Å². The minimum Gasteiger partial charge on any atom is -0.444 e. The summed E-state index contributed by atoms with van der Waals surface area (Å²) in [5, 5.41) is 6.73. The summed E-state index contributed by atoms with van der Waals surface area (Å²) in [6.45, 7) is 7.31. The number of guanidine groups is 1. The SMILES string of the molecule is CCNC(=NCc1nc(C)c(C)o1)NCCc1c(F)cccc1Cl. The molecule has 2 rings (SSSR count). The highest BCUT2D eigenvalue weighted by Gasteiger charge is 2.08. The maximum Gasteiger partial charge on any atom is 0.216 e. The van der Waals surface area contributed by atoms with Crippen LogP contribution in [0, 0.1) is 19.7 Å². The largest absolute Gasteiger partial charge is 0.444 e. The second-order valence-corrected chi connectivity index (χ2v) is 5.73. The van der Waals surface area contributed by atoms with Crippen molar-refractivity contribution in [2.75, 3.05) is 13.1 Å². The molecule has 0 aliphatic rings. The lowest BCUT2D eigenvalue weighted by Crippen LogP contribution is -2.38. The molecule has 0 bridgehead atoms. The first kappa shape index (κ1) is 18.3. The quantitative estimate of drug-likeness (QED) is 0.618. The highest BCUT2D eigenvalue weighted by Crippen LogP contribution is 2.18. The van der Waals surface area contributed by atoms with Crippen molar-refractivity contribution >= 4 is 17.6 Å². The lowest BCUT2D eigenvalue weighted by molar-refractivity contribution is 0.473. The fourth-order valence-corrected chi connectivity index (χ4v) is 2.43. The van der Waals surface area contributed by atoms with E-state index in [4.69, 9.17) is 16.0 Å². The first-order valence-electron chi connectivity index (χ1n) is 7.89. The number of rotatable bonds is 6. The lowest BCUT2D eigenvalue weighted by atomic mass is 10.1. The van der Waals surface area contributed by atoms with Gasteiger partial charge in [0, 0.05) is 23.7 Å². The number of benzene rings is 1. The molecule has 0 aliphatic carbocycles. The van der Waals surface area contributed by atoms with E-state index in [1.807, 2.05) is 20.8 Å². The average Bonchev–Trinajstić information content (AvgIpc) is 2.86. The molecule has 1 heterocycles. The van der Waals surface area contributed by atoms with Crippen LogP contribution in [0.2, 0.25) is 5.02 Å². The van der Waals surface area contributed by atoms with Gasteiger partial charge >= 0.3 is 0 Å². The molecule has 5 nitrogen and oxygen atoms in total. The van der Waals surface area contributed by atoms with Gasteiger partial charge in [-0.1, -0.05) is 17.7 Å². The fraction of sp³-hybridized carbons (Fsp3) is 0.412. The summed E-state index contributed by atoms with van der Waals surface area (Å²) in [5.41, 5.74) is 1.37. The predicted molar refractivity (Wildman–Crippen MR) is 93.9 cm³/mol. The van der Waals surface area contributed by atoms with E-state index in [-0.39, 0.29) is 5.82 Å². The Balaban J connectivity index is 1.94. The standard InChI is InChI=1S/C17H22ClFN4O/c1-4-20-17(22-10-16-23-11(2)12(3)24-16)21-9-8-13-14(18)6-5-7-15(13)19/h5-7H,4,8-10H2,1-3H3,(H2,20,21,22). The molecule has 0 saturated carbocycles. The molecular weight excluding hydrogens is 331 g/mol. The van der Waals surface area contributed by atoms with Gasteiger partial charge in [-0.05, 0) is 39.3 Å². The third kappa shape index (κ3) is 4.96. The molecule has 0 spiro atoms. The van der Waals surface area contributed by atoms with Crippen LogP contribution >= 0.6 is 11.6 Å². The van der Waals surface area contributed by atoms with Crippen LogP contribution in [0.15, 0.2) is 27.6 Å². The van der Waals surface area contributed by atoms with Crippen molar-refractivity contribution in [3.05, 3.63) is 51.9 Å². The van der Waals surface area contributed by atoms with Crippen LogP contribution in [-0.2, 0) is 13.0 Å². The van der Waals surface area contributed by atoms with Crippen LogP contribution < -0.4 is 10.6 Å². The molecule has 0 aliphatic heterocycles. The minimum atomic E-state index is -0.294. The van der Waals surface area contributed by atoms with Crippen molar-refractivity contribution in [3.8, 4) is 0 Å². The zero-order chi connectivity index (χ0) is 17.5. The van der Waals surface area contributed by atoms with Crippen LogP contribution in [0.1, 0.15) is 29.8 Å². The van der Waals surface area contributed by atoms with Crippen LogP contribution in [0.3, 0.4) is 0 Å². The number of halogens is 2. The number of oxazole rings is 1. The van der Waals surface area contributed by atoms with E-state index in [0.29, 0.717) is 41.9 Å². The number of aliphatic imine (C=N–C) groups is 1. The first-order valence-corrected chi connectivity index (χ1v) is 8.27. The predicted octanol–water partition coefficient (Wildman–Crippen LogP) is 3.38. The number of aromatic nitrogens is 1. The van der Waals surface area contributed by atoms with Gasteiger partial charge in [-0.2, -0.15) is 0 Å². The summed E-state index contributed by atoms with van der Waals surface area (Å²) < 4.78 is 19.3. The minimum absolute atomic E-state index is 0.294. The van der Waals surface area contributed by atoms with Crippen molar-refractivity contribution < 1.29 is 8.81 Å². The Morgan fingerprint density at radius 3 is 2.75 bits per heavy atom. The molecule has 1 aromatic carbocycles. The third-order valence-corrected chi connectivity index (χ3v) is 3.87. The van der Waals surface area contributed by atoms with E-state index in [1.54, 1.807) is 12.1 Å². The van der Waals surface area contributed by atoms with Crippen molar-refractivity contribution in [3.63, 3.8) is 0 Å². The summed E-state index contributed by atoms with van der Waals surface area (Å²) in [5.74, 6) is 1.70. The molecule has 24 heavy (non-hydrogen) atoms. The first-order chi connectivity index (χ1) is 11.5. The molecule has 7 heteroatoms. The monoisotopic (exact) mass is 352 g/mol. The summed E-state index contributed by atoms with van der Waals surface area (Å²) in [7, 11) is 0. The molecule has 0 fully saturated rings. The van der Waals surface area contributed by atoms with Crippen molar-refractivity contribution in [2.24, 2.45) is 4.99 Å². The molecule has 2 aromatic rings. The third-order valence-electron chi connectivity index (χ3n) is 3.52. The zero-order valence-corrected chi connectivity index (χ0v) is 14.9. The van der Waals surface area contributed by atoms with Gasteiger partial charge < -0.3 is 15.1 Å². The molecule has 2 N–H and O–H groups in total. The normalized spacial score (nSPS) is 11.6. The zero-order valence-electron chi connectivity index (χ0n) is 14.1. The van der Waals surface area contributed by atoms with E-state index in [0.717, 1.165) is 18.0 Å². The Morgan fingerprint density at radius 2 is 2.12 bits per heavy atom. The van der Waals surface area contributed by atoms with Gasteiger partial charge in [-0.3, -0.25) is 0 Å². The Bertz CT molecular complexity index is 675. The van der Waals surface area contributed by atoms with Crippen molar-refractivity contribution in [1.29, 1.82) is 0 Å². The van der Waals surface area contributed by atoms with Crippen LogP contribution in [-0.4, -0.2) is 24.0 Å². The van der Waals surface area contributed by atoms with E-state index >= 15 is 0 Å². The topological polar surface area (TPSA) is 62.5 Å². The Labute approximate surface area is 146 Å². The molecule has 0 amide bonds. The molecule has 0 radical (unpaired) electrons. The second kappa shape index (κ2) is 8.68. The lowest BCUT2D eigenvalue weighted by Gasteiger charge is -2.11. The van der Waals surface area contributed by atoms with Crippen LogP contribution in [0.25, 0.3) is 0 Å². The number of aryl methyl sites for hydroxylation is 2. The molecular formula is C17H22ClFN4O. The Hall–Kier alpha value is -2.08. The highest BCUT2D eigenvalue weighted by molar-refractivity contribution is 6.31. The van der Waals surface area contributed by atoms with E-state index in [1.165, 1.54) is 6.07 Å². The summed E-state index contributed by atoms with van der Waals surface area (Å²) in [6.07, 6.45) is 0.465. The summed E-state index contributed by atoms with van der Waals surface area (Å²) in [6, 6.07) is 4.70.